The fourth-order valence-electron chi connectivity index (χ4n) is 1.96. The first-order chi connectivity index (χ1) is 10.8. The lowest BCUT2D eigenvalue weighted by molar-refractivity contribution is 0.0522. The van der Waals surface area contributed by atoms with Crippen LogP contribution in [0.15, 0.2) is 47.4 Å². The van der Waals surface area contributed by atoms with E-state index in [4.69, 9.17) is 4.74 Å². The number of rotatable bonds is 5. The van der Waals surface area contributed by atoms with Crippen LogP contribution in [-0.2, 0) is 14.8 Å². The lowest BCUT2D eigenvalue weighted by Gasteiger charge is -2.12. The topological polar surface area (TPSA) is 92.7 Å². The van der Waals surface area contributed by atoms with E-state index in [1.165, 1.54) is 30.3 Å². The Balaban J connectivity index is 2.40. The molecule has 0 aliphatic heterocycles. The van der Waals surface area contributed by atoms with Crippen molar-refractivity contribution in [3.05, 3.63) is 53.6 Å². The fraction of sp³-hybridized carbons (Fsp3) is 0.188. The molecule has 0 amide bonds. The Morgan fingerprint density at radius 2 is 1.91 bits per heavy atom. The van der Waals surface area contributed by atoms with E-state index in [0.29, 0.717) is 5.56 Å². The molecule has 23 heavy (non-hydrogen) atoms. The quantitative estimate of drug-likeness (QED) is 0.820. The molecular weight excluding hydrogens is 318 g/mol. The van der Waals surface area contributed by atoms with Gasteiger partial charge in [-0.15, -0.1) is 0 Å². The van der Waals surface area contributed by atoms with Crippen LogP contribution in [0.4, 0.5) is 5.69 Å². The van der Waals surface area contributed by atoms with E-state index in [2.05, 4.69) is 4.72 Å². The van der Waals surface area contributed by atoms with Crippen LogP contribution < -0.4 is 4.72 Å². The zero-order chi connectivity index (χ0) is 17.0. The number of anilines is 1. The van der Waals surface area contributed by atoms with E-state index < -0.39 is 16.0 Å². The highest BCUT2D eigenvalue weighted by Crippen LogP contribution is 2.24. The van der Waals surface area contributed by atoms with Gasteiger partial charge in [0.1, 0.15) is 10.6 Å². The second-order valence-electron chi connectivity index (χ2n) is 4.82. The number of benzene rings is 2. The number of phenols is 1. The van der Waals surface area contributed by atoms with Crippen LogP contribution >= 0.6 is 0 Å². The van der Waals surface area contributed by atoms with Gasteiger partial charge in [-0.05, 0) is 37.6 Å². The monoisotopic (exact) mass is 335 g/mol. The summed E-state index contributed by atoms with van der Waals surface area (Å²) in [5.41, 5.74) is 0.782. The van der Waals surface area contributed by atoms with Crippen LogP contribution in [0.2, 0.25) is 0 Å². The highest BCUT2D eigenvalue weighted by Gasteiger charge is 2.23. The molecular formula is C16H17NO5S. The van der Waals surface area contributed by atoms with Gasteiger partial charge in [-0.3, -0.25) is 4.72 Å². The normalized spacial score (nSPS) is 11.0. The second kappa shape index (κ2) is 6.70. The zero-order valence-electron chi connectivity index (χ0n) is 12.7. The van der Waals surface area contributed by atoms with Gasteiger partial charge in [-0.2, -0.15) is 0 Å². The molecule has 0 saturated carbocycles. The minimum atomic E-state index is -4.00. The Kier molecular flexibility index (Phi) is 4.90. The number of phenolic OH excluding ortho intramolecular Hbond substituents is 1. The number of esters is 1. The molecule has 0 fully saturated rings. The summed E-state index contributed by atoms with van der Waals surface area (Å²) in [5, 5.41) is 9.67. The van der Waals surface area contributed by atoms with Crippen molar-refractivity contribution < 1.29 is 23.1 Å². The maximum Gasteiger partial charge on any atom is 0.339 e. The number of hydrogen-bond acceptors (Lipinski definition) is 5. The highest BCUT2D eigenvalue weighted by molar-refractivity contribution is 7.92. The average Bonchev–Trinajstić information content (AvgIpc) is 2.51. The summed E-state index contributed by atoms with van der Waals surface area (Å²) in [5.74, 6) is -0.732. The zero-order valence-corrected chi connectivity index (χ0v) is 13.6. The summed E-state index contributed by atoms with van der Waals surface area (Å²) in [7, 11) is -4.00. The lowest BCUT2D eigenvalue weighted by Crippen LogP contribution is -2.18. The maximum absolute atomic E-state index is 12.5. The molecule has 0 bridgehead atoms. The Hall–Kier alpha value is -2.54. The summed E-state index contributed by atoms with van der Waals surface area (Å²) in [6, 6.07) is 10.2. The molecule has 2 aromatic carbocycles. The first kappa shape index (κ1) is 16.8. The summed E-state index contributed by atoms with van der Waals surface area (Å²) < 4.78 is 32.3. The molecule has 0 heterocycles. The van der Waals surface area contributed by atoms with Crippen molar-refractivity contribution in [1.29, 1.82) is 0 Å². The van der Waals surface area contributed by atoms with Gasteiger partial charge >= 0.3 is 5.97 Å². The predicted molar refractivity (Wildman–Crippen MR) is 86.1 cm³/mol. The third kappa shape index (κ3) is 3.81. The SMILES string of the molecule is CCOC(=O)c1ccccc1S(=O)(=O)Nc1ccc(C)c(O)c1. The molecule has 0 radical (unpaired) electrons. The van der Waals surface area contributed by atoms with Crippen LogP contribution in [0.5, 0.6) is 5.75 Å². The molecule has 0 atom stereocenters. The first-order valence-electron chi connectivity index (χ1n) is 6.93. The average molecular weight is 335 g/mol. The van der Waals surface area contributed by atoms with Crippen molar-refractivity contribution in [3.63, 3.8) is 0 Å². The number of carbonyl (C=O) groups excluding carboxylic acids is 1. The van der Waals surface area contributed by atoms with Crippen LogP contribution in [-0.4, -0.2) is 26.1 Å². The molecule has 0 aliphatic rings. The van der Waals surface area contributed by atoms with Crippen molar-refractivity contribution in [2.24, 2.45) is 0 Å². The molecule has 0 saturated heterocycles. The Labute approximate surface area is 134 Å². The van der Waals surface area contributed by atoms with E-state index in [1.807, 2.05) is 0 Å². The molecule has 6 nitrogen and oxygen atoms in total. The van der Waals surface area contributed by atoms with Crippen LogP contribution in [0.1, 0.15) is 22.8 Å². The summed E-state index contributed by atoms with van der Waals surface area (Å²) in [6.45, 7) is 3.48. The Bertz CT molecular complexity index is 830. The van der Waals surface area contributed by atoms with E-state index in [1.54, 1.807) is 26.0 Å². The van der Waals surface area contributed by atoms with Crippen molar-refractivity contribution in [3.8, 4) is 5.75 Å². The number of aryl methyl sites for hydroxylation is 1. The minimum Gasteiger partial charge on any atom is -0.508 e. The van der Waals surface area contributed by atoms with Gasteiger partial charge in [0.05, 0.1) is 17.9 Å². The molecule has 0 spiro atoms. The van der Waals surface area contributed by atoms with Gasteiger partial charge in [-0.25, -0.2) is 13.2 Å². The standard InChI is InChI=1S/C16H17NO5S/c1-3-22-16(19)13-6-4-5-7-15(13)23(20,21)17-12-9-8-11(2)14(18)10-12/h4-10,17-18H,3H2,1-2H3. The third-order valence-electron chi connectivity index (χ3n) is 3.13. The van der Waals surface area contributed by atoms with Crippen molar-refractivity contribution in [1.82, 2.24) is 0 Å². The van der Waals surface area contributed by atoms with Gasteiger partial charge in [0.15, 0.2) is 0 Å². The summed E-state index contributed by atoms with van der Waals surface area (Å²) in [6.07, 6.45) is 0. The summed E-state index contributed by atoms with van der Waals surface area (Å²) >= 11 is 0. The number of sulfonamides is 1. The van der Waals surface area contributed by atoms with Crippen molar-refractivity contribution in [2.75, 3.05) is 11.3 Å². The number of nitrogens with one attached hydrogen (secondary N) is 1. The van der Waals surface area contributed by atoms with Crippen molar-refractivity contribution >= 4 is 21.7 Å². The highest BCUT2D eigenvalue weighted by atomic mass is 32.2. The fourth-order valence-corrected chi connectivity index (χ4v) is 3.21. The van der Waals surface area contributed by atoms with E-state index in [9.17, 15) is 18.3 Å². The minimum absolute atomic E-state index is 0.0242. The largest absolute Gasteiger partial charge is 0.508 e. The van der Waals surface area contributed by atoms with Gasteiger partial charge in [-0.1, -0.05) is 18.2 Å². The second-order valence-corrected chi connectivity index (χ2v) is 6.47. The Morgan fingerprint density at radius 3 is 2.57 bits per heavy atom. The van der Waals surface area contributed by atoms with Gasteiger partial charge in [0.2, 0.25) is 0 Å². The van der Waals surface area contributed by atoms with Crippen LogP contribution in [0.3, 0.4) is 0 Å². The molecule has 0 aromatic heterocycles. The maximum atomic E-state index is 12.5. The van der Waals surface area contributed by atoms with Crippen LogP contribution in [0.25, 0.3) is 0 Å². The van der Waals surface area contributed by atoms with E-state index >= 15 is 0 Å². The van der Waals surface area contributed by atoms with Gasteiger partial charge < -0.3 is 9.84 Å². The molecule has 0 aliphatic carbocycles. The van der Waals surface area contributed by atoms with E-state index in [0.717, 1.165) is 0 Å². The van der Waals surface area contributed by atoms with Gasteiger partial charge in [0, 0.05) is 6.07 Å². The number of aromatic hydroxyl groups is 1. The molecule has 2 rings (SSSR count). The number of ether oxygens (including phenoxy) is 1. The molecule has 0 unspecified atom stereocenters. The number of hydrogen-bond donors (Lipinski definition) is 2. The number of carbonyl (C=O) groups is 1. The first-order valence-corrected chi connectivity index (χ1v) is 8.42. The molecule has 122 valence electrons. The lowest BCUT2D eigenvalue weighted by atomic mass is 10.2. The smallest absolute Gasteiger partial charge is 0.339 e. The predicted octanol–water partition coefficient (Wildman–Crippen LogP) is 2.68. The molecule has 2 N–H and O–H groups in total. The summed E-state index contributed by atoms with van der Waals surface area (Å²) in [4.78, 5) is 11.7. The molecule has 2 aromatic rings. The van der Waals surface area contributed by atoms with Crippen molar-refractivity contribution in [2.45, 2.75) is 18.7 Å². The third-order valence-corrected chi connectivity index (χ3v) is 4.57. The molecule has 7 heteroatoms. The van der Waals surface area contributed by atoms with Gasteiger partial charge in [0.25, 0.3) is 10.0 Å². The Morgan fingerprint density at radius 1 is 1.22 bits per heavy atom. The van der Waals surface area contributed by atoms with Crippen LogP contribution in [0, 0.1) is 6.92 Å². The van der Waals surface area contributed by atoms with E-state index in [-0.39, 0.29) is 28.5 Å².